The summed E-state index contributed by atoms with van der Waals surface area (Å²) in [5.74, 6) is 0.573. The maximum absolute atomic E-state index is 10.4. The third-order valence-corrected chi connectivity index (χ3v) is 3.77. The molecule has 0 spiro atoms. The molecular formula is C21H22O2. The molecule has 0 saturated carbocycles. The Morgan fingerprint density at radius 1 is 0.696 bits per heavy atom. The molecule has 2 aromatic rings. The van der Waals surface area contributed by atoms with Gasteiger partial charge >= 0.3 is 0 Å². The molecule has 0 atom stereocenters. The van der Waals surface area contributed by atoms with E-state index in [-0.39, 0.29) is 5.75 Å². The van der Waals surface area contributed by atoms with E-state index in [0.29, 0.717) is 25.0 Å². The summed E-state index contributed by atoms with van der Waals surface area (Å²) in [5.41, 5.74) is 4.51. The SMILES string of the molecule is C=CCc1cc(-c2cc(CC=C)c(O)c(CC=C)c2)ccc1O. The number of hydrogen-bond acceptors (Lipinski definition) is 2. The Hall–Kier alpha value is -2.74. The van der Waals surface area contributed by atoms with E-state index in [1.165, 1.54) is 0 Å². The normalized spacial score (nSPS) is 10.3. The van der Waals surface area contributed by atoms with Crippen molar-refractivity contribution in [1.29, 1.82) is 0 Å². The number of aromatic hydroxyl groups is 2. The van der Waals surface area contributed by atoms with Gasteiger partial charge in [-0.1, -0.05) is 24.3 Å². The Balaban J connectivity index is 2.57. The molecule has 0 aromatic heterocycles. The number of rotatable bonds is 7. The van der Waals surface area contributed by atoms with Crippen molar-refractivity contribution >= 4 is 0 Å². The van der Waals surface area contributed by atoms with E-state index in [0.717, 1.165) is 27.8 Å². The summed E-state index contributed by atoms with van der Waals surface area (Å²) in [6.45, 7) is 11.2. The van der Waals surface area contributed by atoms with E-state index in [4.69, 9.17) is 0 Å². The van der Waals surface area contributed by atoms with Gasteiger partial charge in [0.15, 0.2) is 0 Å². The van der Waals surface area contributed by atoms with Crippen molar-refractivity contribution in [3.8, 4) is 22.6 Å². The Morgan fingerprint density at radius 2 is 1.17 bits per heavy atom. The Bertz CT molecular complexity index is 710. The van der Waals surface area contributed by atoms with E-state index in [2.05, 4.69) is 19.7 Å². The lowest BCUT2D eigenvalue weighted by atomic mass is 9.94. The largest absolute Gasteiger partial charge is 0.508 e. The molecule has 0 aliphatic rings. The number of phenolic OH excluding ortho intramolecular Hbond substituents is 2. The molecule has 0 fully saturated rings. The van der Waals surface area contributed by atoms with Crippen molar-refractivity contribution in [3.05, 3.63) is 85.0 Å². The van der Waals surface area contributed by atoms with Crippen molar-refractivity contribution in [2.75, 3.05) is 0 Å². The quantitative estimate of drug-likeness (QED) is 0.710. The highest BCUT2D eigenvalue weighted by molar-refractivity contribution is 5.69. The number of phenols is 2. The molecule has 0 heterocycles. The minimum Gasteiger partial charge on any atom is -0.508 e. The van der Waals surface area contributed by atoms with Crippen LogP contribution in [-0.2, 0) is 19.3 Å². The van der Waals surface area contributed by atoms with E-state index >= 15 is 0 Å². The molecule has 2 heteroatoms. The monoisotopic (exact) mass is 306 g/mol. The van der Waals surface area contributed by atoms with Gasteiger partial charge in [0, 0.05) is 0 Å². The molecule has 2 N–H and O–H groups in total. The van der Waals surface area contributed by atoms with Crippen LogP contribution >= 0.6 is 0 Å². The zero-order valence-electron chi connectivity index (χ0n) is 13.3. The minimum atomic E-state index is 0.269. The molecule has 2 rings (SSSR count). The van der Waals surface area contributed by atoms with Gasteiger partial charge in [-0.15, -0.1) is 19.7 Å². The Kier molecular flexibility index (Phi) is 5.42. The van der Waals surface area contributed by atoms with Crippen molar-refractivity contribution in [2.45, 2.75) is 19.3 Å². The number of benzene rings is 2. The molecule has 118 valence electrons. The van der Waals surface area contributed by atoms with Crippen LogP contribution in [0.2, 0.25) is 0 Å². The average molecular weight is 306 g/mol. The fourth-order valence-electron chi connectivity index (χ4n) is 2.63. The lowest BCUT2D eigenvalue weighted by Gasteiger charge is -2.13. The highest BCUT2D eigenvalue weighted by atomic mass is 16.3. The van der Waals surface area contributed by atoms with Gasteiger partial charge in [-0.25, -0.2) is 0 Å². The van der Waals surface area contributed by atoms with Crippen molar-refractivity contribution in [2.24, 2.45) is 0 Å². The summed E-state index contributed by atoms with van der Waals surface area (Å²) in [7, 11) is 0. The first kappa shape index (κ1) is 16.6. The summed E-state index contributed by atoms with van der Waals surface area (Å²) >= 11 is 0. The van der Waals surface area contributed by atoms with E-state index < -0.39 is 0 Å². The molecule has 0 saturated heterocycles. The molecule has 2 aromatic carbocycles. The number of hydrogen-bond donors (Lipinski definition) is 2. The average Bonchev–Trinajstić information content (AvgIpc) is 2.54. The topological polar surface area (TPSA) is 40.5 Å². The Labute approximate surface area is 137 Å². The molecule has 0 aliphatic carbocycles. The van der Waals surface area contributed by atoms with Gasteiger partial charge < -0.3 is 10.2 Å². The van der Waals surface area contributed by atoms with Crippen LogP contribution in [0.25, 0.3) is 11.1 Å². The van der Waals surface area contributed by atoms with Gasteiger partial charge in [0.2, 0.25) is 0 Å². The maximum Gasteiger partial charge on any atom is 0.122 e. The van der Waals surface area contributed by atoms with Crippen LogP contribution in [0.4, 0.5) is 0 Å². The number of allylic oxidation sites excluding steroid dienone is 3. The maximum atomic E-state index is 10.4. The summed E-state index contributed by atoms with van der Waals surface area (Å²) in [4.78, 5) is 0. The summed E-state index contributed by atoms with van der Waals surface area (Å²) < 4.78 is 0. The van der Waals surface area contributed by atoms with Gasteiger partial charge in [-0.2, -0.15) is 0 Å². The first-order valence-corrected chi connectivity index (χ1v) is 7.60. The van der Waals surface area contributed by atoms with E-state index in [9.17, 15) is 10.2 Å². The van der Waals surface area contributed by atoms with Crippen LogP contribution in [0.3, 0.4) is 0 Å². The van der Waals surface area contributed by atoms with Crippen LogP contribution < -0.4 is 0 Å². The van der Waals surface area contributed by atoms with Crippen LogP contribution in [0.15, 0.2) is 68.3 Å². The van der Waals surface area contributed by atoms with Gasteiger partial charge in [0.25, 0.3) is 0 Å². The minimum absolute atomic E-state index is 0.269. The fraction of sp³-hybridized carbons (Fsp3) is 0.143. The van der Waals surface area contributed by atoms with Crippen LogP contribution in [-0.4, -0.2) is 10.2 Å². The van der Waals surface area contributed by atoms with Crippen molar-refractivity contribution in [3.63, 3.8) is 0 Å². The molecule has 0 bridgehead atoms. The summed E-state index contributed by atoms with van der Waals surface area (Å²) in [6.07, 6.45) is 7.12. The standard InChI is InChI=1S/C21H22O2/c1-4-7-16-12-15(10-11-20(16)22)19-13-17(8-5-2)21(23)18(14-19)9-6-3/h4-6,10-14,22-23H,1-3,7-9H2. The molecule has 23 heavy (non-hydrogen) atoms. The van der Waals surface area contributed by atoms with Crippen molar-refractivity contribution in [1.82, 2.24) is 0 Å². The third kappa shape index (κ3) is 3.72. The highest BCUT2D eigenvalue weighted by Crippen LogP contribution is 2.33. The second-order valence-corrected chi connectivity index (χ2v) is 5.46. The first-order valence-electron chi connectivity index (χ1n) is 7.60. The highest BCUT2D eigenvalue weighted by Gasteiger charge is 2.11. The lowest BCUT2D eigenvalue weighted by Crippen LogP contribution is -1.93. The third-order valence-electron chi connectivity index (χ3n) is 3.77. The van der Waals surface area contributed by atoms with Crippen LogP contribution in [0.1, 0.15) is 16.7 Å². The van der Waals surface area contributed by atoms with Gasteiger partial charge in [0.1, 0.15) is 11.5 Å². The zero-order chi connectivity index (χ0) is 16.8. The van der Waals surface area contributed by atoms with Gasteiger partial charge in [0.05, 0.1) is 0 Å². The zero-order valence-corrected chi connectivity index (χ0v) is 13.3. The van der Waals surface area contributed by atoms with Crippen LogP contribution in [0.5, 0.6) is 11.5 Å². The molecular weight excluding hydrogens is 284 g/mol. The summed E-state index contributed by atoms with van der Waals surface area (Å²) in [5, 5.41) is 20.3. The molecule has 0 unspecified atom stereocenters. The van der Waals surface area contributed by atoms with Crippen LogP contribution in [0, 0.1) is 0 Å². The second-order valence-electron chi connectivity index (χ2n) is 5.46. The predicted octanol–water partition coefficient (Wildman–Crippen LogP) is 4.95. The van der Waals surface area contributed by atoms with Gasteiger partial charge in [-0.05, 0) is 71.3 Å². The summed E-state index contributed by atoms with van der Waals surface area (Å²) in [6, 6.07) is 9.46. The fourth-order valence-corrected chi connectivity index (χ4v) is 2.63. The second kappa shape index (κ2) is 7.50. The van der Waals surface area contributed by atoms with Gasteiger partial charge in [-0.3, -0.25) is 0 Å². The Morgan fingerprint density at radius 3 is 1.70 bits per heavy atom. The molecule has 0 aliphatic heterocycles. The van der Waals surface area contributed by atoms with Crippen molar-refractivity contribution < 1.29 is 10.2 Å². The first-order chi connectivity index (χ1) is 11.1. The molecule has 2 nitrogen and oxygen atoms in total. The molecule has 0 radical (unpaired) electrons. The lowest BCUT2D eigenvalue weighted by molar-refractivity contribution is 0.464. The van der Waals surface area contributed by atoms with E-state index in [1.807, 2.05) is 24.3 Å². The smallest absolute Gasteiger partial charge is 0.122 e. The predicted molar refractivity (Wildman–Crippen MR) is 96.9 cm³/mol. The van der Waals surface area contributed by atoms with E-state index in [1.54, 1.807) is 24.3 Å². The molecule has 0 amide bonds.